The van der Waals surface area contributed by atoms with Gasteiger partial charge in [-0.2, -0.15) is 0 Å². The van der Waals surface area contributed by atoms with Crippen molar-refractivity contribution in [2.45, 2.75) is 6.61 Å². The molecule has 0 unspecified atom stereocenters. The smallest absolute Gasteiger partial charge is 0.337 e. The molecule has 2 aromatic rings. The molecule has 0 atom stereocenters. The van der Waals surface area contributed by atoms with Gasteiger partial charge in [0.1, 0.15) is 24.0 Å². The van der Waals surface area contributed by atoms with Crippen LogP contribution in [-0.4, -0.2) is 13.1 Å². The van der Waals surface area contributed by atoms with Crippen LogP contribution in [0.2, 0.25) is 0 Å². The topological polar surface area (TPSA) is 35.5 Å². The van der Waals surface area contributed by atoms with E-state index < -0.39 is 17.6 Å². The molecule has 0 aliphatic carbocycles. The minimum absolute atomic E-state index is 0.105. The lowest BCUT2D eigenvalue weighted by Gasteiger charge is -2.08. The minimum Gasteiger partial charge on any atom is -0.489 e. The highest BCUT2D eigenvalue weighted by Crippen LogP contribution is 2.17. The number of carbonyl (C=O) groups excluding carboxylic acids is 1. The maximum absolute atomic E-state index is 13.4. The van der Waals surface area contributed by atoms with Gasteiger partial charge in [-0.3, -0.25) is 0 Å². The second kappa shape index (κ2) is 6.14. The highest BCUT2D eigenvalue weighted by molar-refractivity contribution is 5.89. The van der Waals surface area contributed by atoms with Gasteiger partial charge in [-0.05, 0) is 36.4 Å². The van der Waals surface area contributed by atoms with Crippen molar-refractivity contribution in [1.82, 2.24) is 0 Å². The maximum atomic E-state index is 13.4. The molecule has 0 bridgehead atoms. The molecule has 0 fully saturated rings. The molecule has 0 aromatic heterocycles. The van der Waals surface area contributed by atoms with Crippen LogP contribution in [0.15, 0.2) is 42.5 Å². The third-order valence-corrected chi connectivity index (χ3v) is 2.66. The predicted octanol–water partition coefficient (Wildman–Crippen LogP) is 3.33. The number of rotatable bonds is 4. The van der Waals surface area contributed by atoms with E-state index in [1.807, 2.05) is 0 Å². The molecular weight excluding hydrogens is 266 g/mol. The van der Waals surface area contributed by atoms with Crippen LogP contribution in [0.1, 0.15) is 15.9 Å². The summed E-state index contributed by atoms with van der Waals surface area (Å²) in [4.78, 5) is 11.4. The average Bonchev–Trinajstić information content (AvgIpc) is 2.47. The number of methoxy groups -OCH3 is 1. The van der Waals surface area contributed by atoms with Gasteiger partial charge in [0.15, 0.2) is 0 Å². The quantitative estimate of drug-likeness (QED) is 0.805. The third kappa shape index (κ3) is 3.32. The molecule has 0 aliphatic heterocycles. The number of halogens is 2. The summed E-state index contributed by atoms with van der Waals surface area (Å²) in [6.07, 6.45) is 0. The molecule has 0 heterocycles. The van der Waals surface area contributed by atoms with E-state index >= 15 is 0 Å². The van der Waals surface area contributed by atoms with Crippen molar-refractivity contribution in [2.75, 3.05) is 7.11 Å². The van der Waals surface area contributed by atoms with Gasteiger partial charge >= 0.3 is 5.97 Å². The molecule has 0 amide bonds. The van der Waals surface area contributed by atoms with Crippen molar-refractivity contribution < 1.29 is 23.0 Å². The number of benzene rings is 2. The number of hydrogen-bond donors (Lipinski definition) is 0. The van der Waals surface area contributed by atoms with Gasteiger partial charge in [0.25, 0.3) is 0 Å². The van der Waals surface area contributed by atoms with Crippen LogP contribution < -0.4 is 4.74 Å². The van der Waals surface area contributed by atoms with Crippen LogP contribution >= 0.6 is 0 Å². The van der Waals surface area contributed by atoms with E-state index in [0.717, 1.165) is 18.2 Å². The first-order valence-corrected chi connectivity index (χ1v) is 5.85. The highest BCUT2D eigenvalue weighted by Gasteiger charge is 2.08. The molecule has 0 saturated heterocycles. The summed E-state index contributed by atoms with van der Waals surface area (Å²) >= 11 is 0. The molecule has 104 valence electrons. The second-order valence-electron chi connectivity index (χ2n) is 4.04. The monoisotopic (exact) mass is 278 g/mol. The van der Waals surface area contributed by atoms with Gasteiger partial charge in [-0.1, -0.05) is 6.07 Å². The molecule has 20 heavy (non-hydrogen) atoms. The molecule has 2 aromatic carbocycles. The lowest BCUT2D eigenvalue weighted by Crippen LogP contribution is -2.03. The van der Waals surface area contributed by atoms with E-state index in [2.05, 4.69) is 4.74 Å². The summed E-state index contributed by atoms with van der Waals surface area (Å²) in [5, 5.41) is 0. The fourth-order valence-corrected chi connectivity index (χ4v) is 1.65. The fraction of sp³-hybridized carbons (Fsp3) is 0.133. The van der Waals surface area contributed by atoms with Gasteiger partial charge in [-0.25, -0.2) is 13.6 Å². The largest absolute Gasteiger partial charge is 0.489 e. The Morgan fingerprint density at radius 1 is 1.15 bits per heavy atom. The Labute approximate surface area is 114 Å². The molecule has 5 heteroatoms. The first kappa shape index (κ1) is 14.0. The SMILES string of the molecule is COC(=O)c1cccc(OCc2cc(F)ccc2F)c1. The van der Waals surface area contributed by atoms with Gasteiger partial charge in [0.05, 0.1) is 12.7 Å². The normalized spacial score (nSPS) is 10.2. The van der Waals surface area contributed by atoms with E-state index in [1.165, 1.54) is 13.2 Å². The summed E-state index contributed by atoms with van der Waals surface area (Å²) in [6.45, 7) is -0.131. The Morgan fingerprint density at radius 3 is 2.70 bits per heavy atom. The van der Waals surface area contributed by atoms with Crippen LogP contribution in [0.5, 0.6) is 5.75 Å². The molecular formula is C15H12F2O3. The molecule has 0 radical (unpaired) electrons. The fourth-order valence-electron chi connectivity index (χ4n) is 1.65. The van der Waals surface area contributed by atoms with E-state index in [-0.39, 0.29) is 12.2 Å². The van der Waals surface area contributed by atoms with Crippen molar-refractivity contribution in [3.05, 3.63) is 65.2 Å². The summed E-state index contributed by atoms with van der Waals surface area (Å²) in [5.74, 6) is -1.20. The maximum Gasteiger partial charge on any atom is 0.337 e. The zero-order valence-corrected chi connectivity index (χ0v) is 10.7. The standard InChI is InChI=1S/C15H12F2O3/c1-19-15(18)10-3-2-4-13(8-10)20-9-11-7-12(16)5-6-14(11)17/h2-8H,9H2,1H3. The molecule has 2 rings (SSSR count). The highest BCUT2D eigenvalue weighted by atomic mass is 19.1. The molecule has 0 N–H and O–H groups in total. The molecule has 0 aliphatic rings. The van der Waals surface area contributed by atoms with E-state index in [9.17, 15) is 13.6 Å². The Kier molecular flexibility index (Phi) is 4.30. The van der Waals surface area contributed by atoms with Gasteiger partial charge < -0.3 is 9.47 Å². The van der Waals surface area contributed by atoms with Crippen molar-refractivity contribution in [3.63, 3.8) is 0 Å². The van der Waals surface area contributed by atoms with E-state index in [1.54, 1.807) is 18.2 Å². The Bertz CT molecular complexity index is 626. The zero-order valence-electron chi connectivity index (χ0n) is 10.7. The first-order valence-electron chi connectivity index (χ1n) is 5.85. The van der Waals surface area contributed by atoms with Crippen LogP contribution in [0.4, 0.5) is 8.78 Å². The van der Waals surface area contributed by atoms with Crippen LogP contribution in [0.25, 0.3) is 0 Å². The van der Waals surface area contributed by atoms with Crippen molar-refractivity contribution in [2.24, 2.45) is 0 Å². The lowest BCUT2D eigenvalue weighted by atomic mass is 10.2. The number of carbonyl (C=O) groups is 1. The zero-order chi connectivity index (χ0) is 14.5. The number of esters is 1. The van der Waals surface area contributed by atoms with Crippen LogP contribution in [0.3, 0.4) is 0 Å². The third-order valence-electron chi connectivity index (χ3n) is 2.66. The average molecular weight is 278 g/mol. The van der Waals surface area contributed by atoms with Gasteiger partial charge in [0.2, 0.25) is 0 Å². The van der Waals surface area contributed by atoms with Gasteiger partial charge in [0, 0.05) is 5.56 Å². The van der Waals surface area contributed by atoms with Crippen molar-refractivity contribution in [3.8, 4) is 5.75 Å². The minimum atomic E-state index is -0.546. The lowest BCUT2D eigenvalue weighted by molar-refractivity contribution is 0.0600. The number of hydrogen-bond acceptors (Lipinski definition) is 3. The van der Waals surface area contributed by atoms with E-state index in [0.29, 0.717) is 11.3 Å². The van der Waals surface area contributed by atoms with Crippen molar-refractivity contribution in [1.29, 1.82) is 0 Å². The van der Waals surface area contributed by atoms with Crippen LogP contribution in [0, 0.1) is 11.6 Å². The van der Waals surface area contributed by atoms with E-state index in [4.69, 9.17) is 4.74 Å². The second-order valence-corrected chi connectivity index (χ2v) is 4.04. The van der Waals surface area contributed by atoms with Crippen molar-refractivity contribution >= 4 is 5.97 Å². The number of ether oxygens (including phenoxy) is 2. The summed E-state index contributed by atoms with van der Waals surface area (Å²) in [5.41, 5.74) is 0.429. The Morgan fingerprint density at radius 2 is 1.95 bits per heavy atom. The Hall–Kier alpha value is -2.43. The first-order chi connectivity index (χ1) is 9.60. The summed E-state index contributed by atoms with van der Waals surface area (Å²) < 4.78 is 36.4. The van der Waals surface area contributed by atoms with Gasteiger partial charge in [-0.15, -0.1) is 0 Å². The van der Waals surface area contributed by atoms with Crippen LogP contribution in [-0.2, 0) is 11.3 Å². The summed E-state index contributed by atoms with van der Waals surface area (Å²) in [7, 11) is 1.28. The molecule has 3 nitrogen and oxygen atoms in total. The summed E-state index contributed by atoms with van der Waals surface area (Å²) in [6, 6.07) is 9.42. The molecule has 0 saturated carbocycles. The Balaban J connectivity index is 2.11. The predicted molar refractivity (Wildman–Crippen MR) is 68.5 cm³/mol. The molecule has 0 spiro atoms.